The van der Waals surface area contributed by atoms with Crippen LogP contribution < -0.4 is 11.3 Å². The zero-order valence-corrected chi connectivity index (χ0v) is 7.64. The van der Waals surface area contributed by atoms with E-state index in [1.165, 1.54) is 13.0 Å². The minimum atomic E-state index is -0.741. The molecule has 4 heteroatoms. The van der Waals surface area contributed by atoms with E-state index in [0.717, 1.165) is 6.07 Å². The van der Waals surface area contributed by atoms with Gasteiger partial charge in [-0.2, -0.15) is 0 Å². The maximum Gasteiger partial charge on any atom is 0.131 e. The lowest BCUT2D eigenvalue weighted by atomic mass is 10.0. The van der Waals surface area contributed by atoms with Gasteiger partial charge in [-0.25, -0.2) is 14.2 Å². The predicted molar refractivity (Wildman–Crippen MR) is 50.0 cm³/mol. The molecule has 0 saturated carbocycles. The fourth-order valence-corrected chi connectivity index (χ4v) is 1.13. The Morgan fingerprint density at radius 1 is 1.43 bits per heavy atom. The van der Waals surface area contributed by atoms with Crippen LogP contribution in [0.1, 0.15) is 17.2 Å². The number of rotatable bonds is 2. The van der Waals surface area contributed by atoms with Crippen molar-refractivity contribution in [1.82, 2.24) is 5.43 Å². The first kappa shape index (κ1) is 10.6. The van der Waals surface area contributed by atoms with E-state index in [0.29, 0.717) is 5.56 Å². The van der Waals surface area contributed by atoms with Crippen LogP contribution in [0, 0.1) is 30.9 Å². The van der Waals surface area contributed by atoms with Crippen molar-refractivity contribution in [3.8, 4) is 12.3 Å². The van der Waals surface area contributed by atoms with Gasteiger partial charge in [-0.3, -0.25) is 5.84 Å². The third kappa shape index (κ3) is 1.90. The molecule has 0 aliphatic carbocycles. The average molecular weight is 196 g/mol. The summed E-state index contributed by atoms with van der Waals surface area (Å²) >= 11 is 0. The molecule has 1 atom stereocenters. The van der Waals surface area contributed by atoms with Gasteiger partial charge in [-0.1, -0.05) is 5.92 Å². The van der Waals surface area contributed by atoms with Gasteiger partial charge >= 0.3 is 0 Å². The van der Waals surface area contributed by atoms with Crippen molar-refractivity contribution in [3.05, 3.63) is 34.9 Å². The van der Waals surface area contributed by atoms with Gasteiger partial charge < -0.3 is 0 Å². The number of aryl methyl sites for hydroxylation is 1. The van der Waals surface area contributed by atoms with Crippen LogP contribution in [0.4, 0.5) is 8.78 Å². The monoisotopic (exact) mass is 196 g/mol. The van der Waals surface area contributed by atoms with Gasteiger partial charge in [-0.15, -0.1) is 6.42 Å². The molecule has 3 N–H and O–H groups in total. The number of halogens is 2. The van der Waals surface area contributed by atoms with E-state index < -0.39 is 17.7 Å². The molecule has 14 heavy (non-hydrogen) atoms. The SMILES string of the molecule is C#CC(NN)c1cc(C)c(F)cc1F. The summed E-state index contributed by atoms with van der Waals surface area (Å²) in [6.45, 7) is 1.53. The summed E-state index contributed by atoms with van der Waals surface area (Å²) < 4.78 is 26.1. The normalized spacial score (nSPS) is 12.2. The number of nitrogens with one attached hydrogen (secondary N) is 1. The Morgan fingerprint density at radius 2 is 2.07 bits per heavy atom. The standard InChI is InChI=1S/C10H10F2N2/c1-3-10(14-13)7-4-6(2)8(11)5-9(7)12/h1,4-5,10,14H,13H2,2H3. The van der Waals surface area contributed by atoms with Gasteiger partial charge in [0.15, 0.2) is 0 Å². The van der Waals surface area contributed by atoms with Crippen LogP contribution in [-0.2, 0) is 0 Å². The predicted octanol–water partition coefficient (Wildman–Crippen LogP) is 1.41. The highest BCUT2D eigenvalue weighted by atomic mass is 19.1. The van der Waals surface area contributed by atoms with E-state index in [4.69, 9.17) is 12.3 Å². The second-order valence-corrected chi connectivity index (χ2v) is 2.89. The fraction of sp³-hybridized carbons (Fsp3) is 0.200. The molecule has 0 aliphatic rings. The summed E-state index contributed by atoms with van der Waals surface area (Å²) in [7, 11) is 0. The Morgan fingerprint density at radius 3 is 2.57 bits per heavy atom. The van der Waals surface area contributed by atoms with Crippen molar-refractivity contribution in [3.63, 3.8) is 0 Å². The summed E-state index contributed by atoms with van der Waals surface area (Å²) in [6, 6.07) is 1.40. The molecule has 0 heterocycles. The van der Waals surface area contributed by atoms with Crippen molar-refractivity contribution in [1.29, 1.82) is 0 Å². The number of hydrogen-bond acceptors (Lipinski definition) is 2. The lowest BCUT2D eigenvalue weighted by molar-refractivity contribution is 0.547. The highest BCUT2D eigenvalue weighted by molar-refractivity contribution is 5.31. The van der Waals surface area contributed by atoms with E-state index in [9.17, 15) is 8.78 Å². The number of benzene rings is 1. The molecule has 1 aromatic rings. The van der Waals surface area contributed by atoms with Crippen LogP contribution >= 0.6 is 0 Å². The molecule has 1 unspecified atom stereocenters. The number of nitrogens with two attached hydrogens (primary N) is 1. The summed E-state index contributed by atoms with van der Waals surface area (Å²) in [5.74, 6) is 6.08. The maximum atomic E-state index is 13.2. The molecular formula is C10H10F2N2. The summed E-state index contributed by atoms with van der Waals surface area (Å²) in [5, 5.41) is 0. The van der Waals surface area contributed by atoms with E-state index >= 15 is 0 Å². The highest BCUT2D eigenvalue weighted by Crippen LogP contribution is 2.19. The highest BCUT2D eigenvalue weighted by Gasteiger charge is 2.13. The fourth-order valence-electron chi connectivity index (χ4n) is 1.13. The third-order valence-electron chi connectivity index (χ3n) is 1.92. The van der Waals surface area contributed by atoms with Crippen LogP contribution in [0.5, 0.6) is 0 Å². The Balaban J connectivity index is 3.22. The number of terminal acetylenes is 1. The Bertz CT molecular complexity index is 382. The molecule has 0 saturated heterocycles. The second kappa shape index (κ2) is 4.18. The van der Waals surface area contributed by atoms with Crippen molar-refractivity contribution < 1.29 is 8.78 Å². The van der Waals surface area contributed by atoms with Gasteiger partial charge in [0.25, 0.3) is 0 Å². The second-order valence-electron chi connectivity index (χ2n) is 2.89. The Hall–Kier alpha value is -1.44. The first-order valence-corrected chi connectivity index (χ1v) is 3.98. The molecule has 74 valence electrons. The van der Waals surface area contributed by atoms with E-state index in [1.807, 2.05) is 0 Å². The lowest BCUT2D eigenvalue weighted by Gasteiger charge is -2.11. The molecular weight excluding hydrogens is 186 g/mol. The van der Waals surface area contributed by atoms with Crippen LogP contribution in [0.15, 0.2) is 12.1 Å². The minimum Gasteiger partial charge on any atom is -0.270 e. The molecule has 2 nitrogen and oxygen atoms in total. The van der Waals surface area contributed by atoms with Gasteiger partial charge in [-0.05, 0) is 18.6 Å². The third-order valence-corrected chi connectivity index (χ3v) is 1.92. The van der Waals surface area contributed by atoms with Gasteiger partial charge in [0.1, 0.15) is 17.7 Å². The van der Waals surface area contributed by atoms with Crippen molar-refractivity contribution in [2.24, 2.45) is 5.84 Å². The molecule has 0 bridgehead atoms. The van der Waals surface area contributed by atoms with E-state index in [2.05, 4.69) is 11.3 Å². The smallest absolute Gasteiger partial charge is 0.131 e. The van der Waals surface area contributed by atoms with Crippen LogP contribution in [0.2, 0.25) is 0 Å². The molecule has 1 aromatic carbocycles. The molecule has 0 fully saturated rings. The van der Waals surface area contributed by atoms with E-state index in [-0.39, 0.29) is 5.56 Å². The molecule has 0 spiro atoms. The topological polar surface area (TPSA) is 38.0 Å². The number of hydrazine groups is 1. The van der Waals surface area contributed by atoms with Gasteiger partial charge in [0.2, 0.25) is 0 Å². The maximum absolute atomic E-state index is 13.2. The van der Waals surface area contributed by atoms with Crippen LogP contribution in [-0.4, -0.2) is 0 Å². The van der Waals surface area contributed by atoms with Gasteiger partial charge in [0.05, 0.1) is 0 Å². The van der Waals surface area contributed by atoms with E-state index in [1.54, 1.807) is 0 Å². The molecule has 1 rings (SSSR count). The number of hydrogen-bond donors (Lipinski definition) is 2. The quantitative estimate of drug-likeness (QED) is 0.426. The molecule has 0 radical (unpaired) electrons. The summed E-state index contributed by atoms with van der Waals surface area (Å²) in [5.41, 5.74) is 2.76. The lowest BCUT2D eigenvalue weighted by Crippen LogP contribution is -2.27. The van der Waals surface area contributed by atoms with Crippen molar-refractivity contribution in [2.45, 2.75) is 13.0 Å². The Kier molecular flexibility index (Phi) is 3.18. The zero-order chi connectivity index (χ0) is 10.7. The van der Waals surface area contributed by atoms with Crippen molar-refractivity contribution >= 4 is 0 Å². The Labute approximate surface area is 81.1 Å². The van der Waals surface area contributed by atoms with Gasteiger partial charge in [0, 0.05) is 11.6 Å². The van der Waals surface area contributed by atoms with Crippen molar-refractivity contribution in [2.75, 3.05) is 0 Å². The molecule has 0 aromatic heterocycles. The first-order valence-electron chi connectivity index (χ1n) is 3.98. The van der Waals surface area contributed by atoms with Crippen LogP contribution in [0.25, 0.3) is 0 Å². The minimum absolute atomic E-state index is 0.175. The summed E-state index contributed by atoms with van der Waals surface area (Å²) in [6.07, 6.45) is 5.12. The van der Waals surface area contributed by atoms with Crippen LogP contribution in [0.3, 0.4) is 0 Å². The largest absolute Gasteiger partial charge is 0.270 e. The molecule has 0 aliphatic heterocycles. The zero-order valence-electron chi connectivity index (χ0n) is 7.64. The average Bonchev–Trinajstić information content (AvgIpc) is 2.15. The summed E-state index contributed by atoms with van der Waals surface area (Å²) in [4.78, 5) is 0. The first-order chi connectivity index (χ1) is 6.60. The molecule has 0 amide bonds.